The van der Waals surface area contributed by atoms with Crippen LogP contribution in [0.3, 0.4) is 0 Å². The summed E-state index contributed by atoms with van der Waals surface area (Å²) in [5, 5.41) is 9.35. The highest BCUT2D eigenvalue weighted by molar-refractivity contribution is 6.78. The van der Waals surface area contributed by atoms with Gasteiger partial charge in [-0.05, 0) is 22.9 Å². The third-order valence-electron chi connectivity index (χ3n) is 3.42. The summed E-state index contributed by atoms with van der Waals surface area (Å²) in [5.41, 5.74) is 1.01. The van der Waals surface area contributed by atoms with Crippen molar-refractivity contribution in [3.8, 4) is 0 Å². The fraction of sp³-hybridized carbons (Fsp3) is 0.636. The van der Waals surface area contributed by atoms with Crippen LogP contribution in [0.15, 0.2) is 18.5 Å². The zero-order valence-electron chi connectivity index (χ0n) is 9.83. The molecule has 80 valence electrons. The van der Waals surface area contributed by atoms with Crippen molar-refractivity contribution in [2.24, 2.45) is 0 Å². The molecule has 0 aliphatic heterocycles. The average molecular weight is 211 g/mol. The molecule has 0 radical (unpaired) electrons. The van der Waals surface area contributed by atoms with Crippen LogP contribution in [-0.4, -0.2) is 17.6 Å². The van der Waals surface area contributed by atoms with Crippen LogP contribution < -0.4 is 0 Å². The maximum atomic E-state index is 9.02. The average Bonchev–Trinajstić information content (AvgIpc) is 2.49. The molecule has 0 amide bonds. The number of hydrogen-bond acceptors (Lipinski definition) is 1. The normalized spacial score (nSPS) is 13.3. The van der Waals surface area contributed by atoms with Gasteiger partial charge in [-0.1, -0.05) is 33.9 Å². The van der Waals surface area contributed by atoms with Gasteiger partial charge < -0.3 is 9.34 Å². The Hall–Kier alpha value is -0.543. The van der Waals surface area contributed by atoms with Gasteiger partial charge in [0.2, 0.25) is 0 Å². The van der Waals surface area contributed by atoms with Crippen molar-refractivity contribution in [1.29, 1.82) is 0 Å². The zero-order chi connectivity index (χ0) is 11.0. The van der Waals surface area contributed by atoms with E-state index < -0.39 is 8.24 Å². The van der Waals surface area contributed by atoms with Gasteiger partial charge >= 0.3 is 0 Å². The van der Waals surface area contributed by atoms with E-state index in [9.17, 15) is 0 Å². The van der Waals surface area contributed by atoms with E-state index in [1.165, 1.54) is 0 Å². The second-order valence-corrected chi connectivity index (χ2v) is 10.5. The molecule has 14 heavy (non-hydrogen) atoms. The van der Waals surface area contributed by atoms with Crippen molar-refractivity contribution in [1.82, 2.24) is 4.23 Å². The topological polar surface area (TPSA) is 25.2 Å². The first kappa shape index (κ1) is 11.5. The van der Waals surface area contributed by atoms with Crippen molar-refractivity contribution in [3.63, 3.8) is 0 Å². The molecule has 1 heterocycles. The van der Waals surface area contributed by atoms with Gasteiger partial charge in [-0.3, -0.25) is 0 Å². The Labute approximate surface area is 87.7 Å². The van der Waals surface area contributed by atoms with Crippen molar-refractivity contribution in [2.75, 3.05) is 0 Å². The molecule has 1 aromatic heterocycles. The SMILES string of the molecule is CC(C)(C)[Si](C)(C)n1ccc(CO)c1. The van der Waals surface area contributed by atoms with Crippen LogP contribution in [0.1, 0.15) is 26.3 Å². The van der Waals surface area contributed by atoms with Crippen molar-refractivity contribution < 1.29 is 5.11 Å². The molecule has 0 aliphatic carbocycles. The summed E-state index contributed by atoms with van der Waals surface area (Å²) in [6.07, 6.45) is 4.18. The highest BCUT2D eigenvalue weighted by Crippen LogP contribution is 2.36. The van der Waals surface area contributed by atoms with Gasteiger partial charge in [0, 0.05) is 6.20 Å². The van der Waals surface area contributed by atoms with Gasteiger partial charge in [0.15, 0.2) is 8.24 Å². The molecule has 0 atom stereocenters. The Morgan fingerprint density at radius 3 is 2.29 bits per heavy atom. The molecule has 0 bridgehead atoms. The molecule has 3 heteroatoms. The smallest absolute Gasteiger partial charge is 0.160 e. The van der Waals surface area contributed by atoms with Gasteiger partial charge in [0.05, 0.1) is 6.61 Å². The molecule has 0 fully saturated rings. The Morgan fingerprint density at radius 2 is 1.93 bits per heavy atom. The Kier molecular flexibility index (Phi) is 2.93. The van der Waals surface area contributed by atoms with Gasteiger partial charge in [0.25, 0.3) is 0 Å². The largest absolute Gasteiger partial charge is 0.392 e. The molecule has 1 N–H and O–H groups in total. The summed E-state index contributed by atoms with van der Waals surface area (Å²) < 4.78 is 2.32. The first-order valence-electron chi connectivity index (χ1n) is 5.07. The minimum absolute atomic E-state index is 0.140. The minimum Gasteiger partial charge on any atom is -0.392 e. The van der Waals surface area contributed by atoms with E-state index in [1.807, 2.05) is 6.07 Å². The van der Waals surface area contributed by atoms with E-state index in [4.69, 9.17) is 5.11 Å². The number of nitrogens with zero attached hydrogens (tertiary/aromatic N) is 1. The molecule has 0 saturated carbocycles. The quantitative estimate of drug-likeness (QED) is 0.748. The van der Waals surface area contributed by atoms with Crippen LogP contribution in [-0.2, 0) is 6.61 Å². The molecule has 0 saturated heterocycles. The predicted octanol–water partition coefficient (Wildman–Crippen LogP) is 2.83. The van der Waals surface area contributed by atoms with Gasteiger partial charge in [-0.15, -0.1) is 0 Å². The van der Waals surface area contributed by atoms with E-state index in [0.29, 0.717) is 5.04 Å². The maximum absolute atomic E-state index is 9.02. The van der Waals surface area contributed by atoms with E-state index in [0.717, 1.165) is 5.56 Å². The molecule has 0 aliphatic rings. The highest BCUT2D eigenvalue weighted by atomic mass is 28.3. The van der Waals surface area contributed by atoms with E-state index >= 15 is 0 Å². The predicted molar refractivity (Wildman–Crippen MR) is 62.9 cm³/mol. The minimum atomic E-state index is -1.47. The molecule has 0 spiro atoms. The third-order valence-corrected chi connectivity index (χ3v) is 8.66. The summed E-state index contributed by atoms with van der Waals surface area (Å²) in [5.74, 6) is 0. The molecule has 0 unspecified atom stereocenters. The second kappa shape index (κ2) is 3.55. The van der Waals surface area contributed by atoms with Crippen LogP contribution >= 0.6 is 0 Å². The number of hydrogen-bond donors (Lipinski definition) is 1. The molecule has 1 rings (SSSR count). The summed E-state index contributed by atoms with van der Waals surface area (Å²) in [6.45, 7) is 11.7. The number of aliphatic hydroxyl groups is 1. The lowest BCUT2D eigenvalue weighted by Gasteiger charge is -2.37. The Balaban J connectivity index is 3.04. The lowest BCUT2D eigenvalue weighted by atomic mass is 10.2. The van der Waals surface area contributed by atoms with Crippen LogP contribution in [0, 0.1) is 0 Å². The van der Waals surface area contributed by atoms with Crippen molar-refractivity contribution >= 4 is 8.24 Å². The van der Waals surface area contributed by atoms with Gasteiger partial charge in [-0.2, -0.15) is 0 Å². The standard InChI is InChI=1S/C11H21NOSi/c1-11(2,3)14(4,5)12-7-6-10(8-12)9-13/h6-8,13H,9H2,1-5H3. The summed E-state index contributed by atoms with van der Waals surface area (Å²) in [4.78, 5) is 0. The van der Waals surface area contributed by atoms with Crippen LogP contribution in [0.25, 0.3) is 0 Å². The van der Waals surface area contributed by atoms with Crippen LogP contribution in [0.5, 0.6) is 0 Å². The first-order chi connectivity index (χ1) is 6.29. The lowest BCUT2D eigenvalue weighted by Crippen LogP contribution is -2.44. The van der Waals surface area contributed by atoms with Crippen molar-refractivity contribution in [3.05, 3.63) is 24.0 Å². The van der Waals surface area contributed by atoms with Gasteiger partial charge in [0.1, 0.15) is 0 Å². The molecular formula is C11H21NOSi. The Bertz CT molecular complexity index is 309. The fourth-order valence-electron chi connectivity index (χ4n) is 1.27. The maximum Gasteiger partial charge on any atom is 0.160 e. The summed E-state index contributed by atoms with van der Waals surface area (Å²) >= 11 is 0. The summed E-state index contributed by atoms with van der Waals surface area (Å²) in [7, 11) is -1.47. The highest BCUT2D eigenvalue weighted by Gasteiger charge is 2.37. The number of aliphatic hydroxyl groups excluding tert-OH is 1. The number of aromatic nitrogens is 1. The number of rotatable bonds is 2. The lowest BCUT2D eigenvalue weighted by molar-refractivity contribution is 0.282. The van der Waals surface area contributed by atoms with Crippen molar-refractivity contribution in [2.45, 2.75) is 45.5 Å². The van der Waals surface area contributed by atoms with Crippen LogP contribution in [0.2, 0.25) is 18.1 Å². The van der Waals surface area contributed by atoms with Gasteiger partial charge in [-0.25, -0.2) is 0 Å². The van der Waals surface area contributed by atoms with Crippen LogP contribution in [0.4, 0.5) is 0 Å². The molecule has 1 aromatic rings. The van der Waals surface area contributed by atoms with E-state index in [1.54, 1.807) is 0 Å². The van der Waals surface area contributed by atoms with E-state index in [2.05, 4.69) is 50.5 Å². The monoisotopic (exact) mass is 211 g/mol. The van der Waals surface area contributed by atoms with E-state index in [-0.39, 0.29) is 6.61 Å². The second-order valence-electron chi connectivity index (χ2n) is 5.39. The molecule has 0 aromatic carbocycles. The summed E-state index contributed by atoms with van der Waals surface area (Å²) in [6, 6.07) is 2.00. The molecular weight excluding hydrogens is 190 g/mol. The Morgan fingerprint density at radius 1 is 1.36 bits per heavy atom. The fourth-order valence-corrected chi connectivity index (χ4v) is 2.98. The zero-order valence-corrected chi connectivity index (χ0v) is 10.8. The first-order valence-corrected chi connectivity index (χ1v) is 8.02. The molecule has 2 nitrogen and oxygen atoms in total. The third kappa shape index (κ3) is 1.93.